The topological polar surface area (TPSA) is 0 Å². The maximum atomic E-state index is 2.59. The number of fused-ring (bicyclic) bond motifs is 7. The zero-order valence-corrected chi connectivity index (χ0v) is 35.6. The molecule has 6 heteroatoms. The van der Waals surface area contributed by atoms with Crippen LogP contribution in [-0.2, 0) is 12.8 Å². The Morgan fingerprint density at radius 3 is 2.04 bits per heavy atom. The summed E-state index contributed by atoms with van der Waals surface area (Å²) in [5.41, 5.74) is 1.57. The average molecular weight is 765 g/mol. The standard InChI is InChI=1S/C41H50S6.C2H6/c1-6-7-8-11-26(4)13-15-28-17-21-32(42-28)34-23-36-38(44-34)30-19-20-31-39-37(47-41(31)40(30)46-36)24-35(45-39)33-22-18-29(43-33)16-14-27(5)12-9-10-25(2)3;1-2/h17-27,37,39H,6-16H2,1-5H3;1-2H3. The van der Waals surface area contributed by atoms with Crippen LogP contribution in [0.1, 0.15) is 132 Å². The summed E-state index contributed by atoms with van der Waals surface area (Å²) in [5, 5.41) is 2.58. The molecule has 4 unspecified atom stereocenters. The summed E-state index contributed by atoms with van der Waals surface area (Å²) in [6.45, 7) is 15.9. The van der Waals surface area contributed by atoms with Crippen molar-refractivity contribution in [1.29, 1.82) is 0 Å². The Morgan fingerprint density at radius 2 is 1.33 bits per heavy atom. The van der Waals surface area contributed by atoms with Gasteiger partial charge in [-0.15, -0.1) is 68.9 Å². The zero-order chi connectivity index (χ0) is 34.5. The van der Waals surface area contributed by atoms with Gasteiger partial charge in [0.05, 0.1) is 14.6 Å². The third-order valence-electron chi connectivity index (χ3n) is 10.1. The minimum absolute atomic E-state index is 0.551. The van der Waals surface area contributed by atoms with Gasteiger partial charge in [0.25, 0.3) is 0 Å². The molecule has 0 radical (unpaired) electrons. The normalized spacial score (nSPS) is 18.2. The minimum Gasteiger partial charge on any atom is -0.140 e. The summed E-state index contributed by atoms with van der Waals surface area (Å²) >= 11 is 12.3. The fraction of sp³-hybridized carbons (Fsp3) is 0.535. The molecule has 6 heterocycles. The molecule has 2 aliphatic heterocycles. The van der Waals surface area contributed by atoms with Crippen molar-refractivity contribution in [2.45, 2.75) is 134 Å². The Balaban J connectivity index is 0.00000205. The van der Waals surface area contributed by atoms with Gasteiger partial charge >= 0.3 is 0 Å². The van der Waals surface area contributed by atoms with Crippen molar-refractivity contribution in [1.82, 2.24) is 0 Å². The van der Waals surface area contributed by atoms with Gasteiger partial charge in [-0.2, -0.15) is 0 Å². The predicted molar refractivity (Wildman–Crippen MR) is 232 cm³/mol. The highest BCUT2D eigenvalue weighted by molar-refractivity contribution is 8.11. The van der Waals surface area contributed by atoms with E-state index in [1.807, 2.05) is 59.2 Å². The Labute approximate surface area is 321 Å². The lowest BCUT2D eigenvalue weighted by Crippen LogP contribution is -1.98. The molecule has 0 bridgehead atoms. The molecule has 2 aliphatic rings. The summed E-state index contributed by atoms with van der Waals surface area (Å²) in [4.78, 5) is 10.6. The first kappa shape index (κ1) is 37.7. The van der Waals surface area contributed by atoms with Crippen LogP contribution in [0.4, 0.5) is 0 Å². The quantitative estimate of drug-likeness (QED) is 0.0918. The van der Waals surface area contributed by atoms with Crippen molar-refractivity contribution < 1.29 is 0 Å². The number of aryl methyl sites for hydroxylation is 2. The first-order valence-corrected chi connectivity index (χ1v) is 24.1. The van der Waals surface area contributed by atoms with Gasteiger partial charge in [0, 0.05) is 49.5 Å². The molecule has 0 aliphatic carbocycles. The Hall–Kier alpha value is -1.02. The van der Waals surface area contributed by atoms with E-state index in [4.69, 9.17) is 0 Å². The molecule has 0 N–H and O–H groups in total. The van der Waals surface area contributed by atoms with Crippen LogP contribution in [0.5, 0.6) is 0 Å². The first-order valence-electron chi connectivity index (χ1n) is 19.1. The lowest BCUT2D eigenvalue weighted by Gasteiger charge is -2.11. The lowest BCUT2D eigenvalue weighted by atomic mass is 9.96. The van der Waals surface area contributed by atoms with E-state index in [1.165, 1.54) is 110 Å². The summed E-state index contributed by atoms with van der Waals surface area (Å²) in [6.07, 6.45) is 17.3. The fourth-order valence-corrected chi connectivity index (χ4v) is 15.3. The number of thioether (sulfide) groups is 2. The van der Waals surface area contributed by atoms with Crippen molar-refractivity contribution >= 4 is 93.3 Å². The molecule has 4 aromatic heterocycles. The van der Waals surface area contributed by atoms with Gasteiger partial charge in [0.2, 0.25) is 0 Å². The fourth-order valence-electron chi connectivity index (χ4n) is 7.14. The van der Waals surface area contributed by atoms with E-state index in [-0.39, 0.29) is 0 Å². The van der Waals surface area contributed by atoms with Crippen molar-refractivity contribution in [2.75, 3.05) is 0 Å². The molecule has 264 valence electrons. The van der Waals surface area contributed by atoms with E-state index in [9.17, 15) is 0 Å². The molecule has 5 aromatic rings. The molecular formula is C43H56S6. The van der Waals surface area contributed by atoms with Crippen molar-refractivity contribution in [3.05, 3.63) is 68.7 Å². The minimum atomic E-state index is 0.551. The predicted octanol–water partition coefficient (Wildman–Crippen LogP) is 16.8. The summed E-state index contributed by atoms with van der Waals surface area (Å²) < 4.78 is 4.48. The van der Waals surface area contributed by atoms with Gasteiger partial charge in [-0.3, -0.25) is 0 Å². The third kappa shape index (κ3) is 8.96. The van der Waals surface area contributed by atoms with Gasteiger partial charge < -0.3 is 0 Å². The summed E-state index contributed by atoms with van der Waals surface area (Å²) in [7, 11) is 0. The van der Waals surface area contributed by atoms with E-state index >= 15 is 0 Å². The second-order valence-electron chi connectivity index (χ2n) is 14.6. The highest BCUT2D eigenvalue weighted by Crippen LogP contribution is 2.63. The van der Waals surface area contributed by atoms with Crippen LogP contribution in [0.15, 0.2) is 53.4 Å². The van der Waals surface area contributed by atoms with Crippen molar-refractivity contribution in [2.24, 2.45) is 17.8 Å². The average Bonchev–Trinajstić information content (AvgIpc) is 3.93. The molecule has 4 atom stereocenters. The summed E-state index contributed by atoms with van der Waals surface area (Å²) in [5.74, 6) is 2.50. The highest BCUT2D eigenvalue weighted by atomic mass is 32.2. The van der Waals surface area contributed by atoms with Gasteiger partial charge in [0.1, 0.15) is 0 Å². The van der Waals surface area contributed by atoms with Crippen LogP contribution in [0.3, 0.4) is 0 Å². The Bertz CT molecular complexity index is 1820. The first-order chi connectivity index (χ1) is 23.9. The molecule has 49 heavy (non-hydrogen) atoms. The smallest absolute Gasteiger partial charge is 0.0536 e. The van der Waals surface area contributed by atoms with E-state index in [1.54, 1.807) is 20.2 Å². The van der Waals surface area contributed by atoms with E-state index in [0.29, 0.717) is 10.5 Å². The molecule has 0 spiro atoms. The highest BCUT2D eigenvalue weighted by Gasteiger charge is 2.39. The van der Waals surface area contributed by atoms with Crippen molar-refractivity contribution in [3.8, 4) is 9.75 Å². The molecule has 0 saturated carbocycles. The number of rotatable bonds is 16. The van der Waals surface area contributed by atoms with E-state index < -0.39 is 0 Å². The molecule has 7 rings (SSSR count). The lowest BCUT2D eigenvalue weighted by molar-refractivity contribution is 0.438. The zero-order valence-electron chi connectivity index (χ0n) is 30.7. The van der Waals surface area contributed by atoms with Crippen molar-refractivity contribution in [3.63, 3.8) is 0 Å². The van der Waals surface area contributed by atoms with Gasteiger partial charge in [-0.05, 0) is 79.3 Å². The molecule has 0 nitrogen and oxygen atoms in total. The Morgan fingerprint density at radius 1 is 0.633 bits per heavy atom. The van der Waals surface area contributed by atoms with Gasteiger partial charge in [0.15, 0.2) is 0 Å². The van der Waals surface area contributed by atoms with Gasteiger partial charge in [-0.1, -0.05) is 112 Å². The molecule has 0 amide bonds. The van der Waals surface area contributed by atoms with Crippen LogP contribution in [0.25, 0.3) is 34.1 Å². The van der Waals surface area contributed by atoms with Crippen LogP contribution in [0.2, 0.25) is 0 Å². The maximum Gasteiger partial charge on any atom is 0.0536 e. The number of unbranched alkanes of at least 4 members (excludes halogenated alkanes) is 2. The second kappa shape index (κ2) is 17.7. The monoisotopic (exact) mass is 764 g/mol. The summed E-state index contributed by atoms with van der Waals surface area (Å²) in [6, 6.07) is 17.0. The van der Waals surface area contributed by atoms with Crippen LogP contribution in [0, 0.1) is 17.8 Å². The number of hydrogen-bond donors (Lipinski definition) is 0. The number of hydrogen-bond acceptors (Lipinski definition) is 6. The van der Waals surface area contributed by atoms with Crippen LogP contribution in [-0.4, -0.2) is 5.25 Å². The Kier molecular flexibility index (Phi) is 13.6. The molecule has 1 aromatic carbocycles. The molecule has 0 fully saturated rings. The number of benzene rings is 1. The molecule has 0 saturated heterocycles. The third-order valence-corrected chi connectivity index (χ3v) is 18.3. The number of thiophene rings is 4. The van der Waals surface area contributed by atoms with E-state index in [2.05, 4.69) is 107 Å². The van der Waals surface area contributed by atoms with Gasteiger partial charge in [-0.25, -0.2) is 0 Å². The molecular weight excluding hydrogens is 709 g/mol. The largest absolute Gasteiger partial charge is 0.140 e. The van der Waals surface area contributed by atoms with Crippen LogP contribution < -0.4 is 0 Å². The SMILES string of the molecule is CC.CCCCCC(C)CCc1ccc(-c2cc3sc4c5c(ccc4c3s2)C2SC(c3ccc(CCC(C)CCCC(C)C)s3)=CC2S5)s1. The van der Waals surface area contributed by atoms with E-state index in [0.717, 1.165) is 17.8 Å². The van der Waals surface area contributed by atoms with Crippen LogP contribution >= 0.6 is 68.9 Å². The second-order valence-corrected chi connectivity index (χ2v) is 21.4. The maximum absolute atomic E-state index is 2.59.